The zero-order chi connectivity index (χ0) is 13.7. The zero-order valence-corrected chi connectivity index (χ0v) is 11.4. The highest BCUT2D eigenvalue weighted by Gasteiger charge is 2.18. The highest BCUT2D eigenvalue weighted by atomic mass is 16.2. The number of nitrogens with one attached hydrogen (secondary N) is 2. The van der Waals surface area contributed by atoms with E-state index in [1.807, 2.05) is 12.1 Å². The van der Waals surface area contributed by atoms with Gasteiger partial charge in [0.2, 0.25) is 0 Å². The minimum absolute atomic E-state index is 0.00870. The lowest BCUT2D eigenvalue weighted by atomic mass is 10.1. The third-order valence-electron chi connectivity index (χ3n) is 3.55. The van der Waals surface area contributed by atoms with E-state index in [2.05, 4.69) is 5.32 Å². The molecule has 0 aliphatic carbocycles. The first kappa shape index (κ1) is 13.7. The summed E-state index contributed by atoms with van der Waals surface area (Å²) < 4.78 is 0. The van der Waals surface area contributed by atoms with Gasteiger partial charge in [0, 0.05) is 5.56 Å². The smallest absolute Gasteiger partial charge is 0.279 e. The summed E-state index contributed by atoms with van der Waals surface area (Å²) in [5, 5.41) is 2.86. The topological polar surface area (TPSA) is 50.6 Å². The van der Waals surface area contributed by atoms with Crippen LogP contribution in [0.2, 0.25) is 0 Å². The number of likely N-dealkylation sites (tertiary alicyclic amines) is 1. The Morgan fingerprint density at radius 2 is 1.84 bits per heavy atom. The number of hydrogen-bond donors (Lipinski definition) is 2. The van der Waals surface area contributed by atoms with E-state index in [0.717, 1.165) is 13.1 Å². The molecule has 1 heterocycles. The third kappa shape index (κ3) is 3.89. The van der Waals surface area contributed by atoms with Crippen LogP contribution in [0.3, 0.4) is 0 Å². The van der Waals surface area contributed by atoms with Gasteiger partial charge in [0.1, 0.15) is 0 Å². The van der Waals surface area contributed by atoms with Crippen LogP contribution in [0.1, 0.15) is 36.5 Å². The average molecular weight is 261 g/mol. The number of piperidine rings is 1. The molecular weight excluding hydrogens is 240 g/mol. The first-order valence-corrected chi connectivity index (χ1v) is 6.90. The largest absolute Gasteiger partial charge is 0.327 e. The van der Waals surface area contributed by atoms with Crippen LogP contribution in [-0.4, -0.2) is 31.3 Å². The molecule has 2 N–H and O–H groups in total. The quantitative estimate of drug-likeness (QED) is 0.791. The van der Waals surface area contributed by atoms with Gasteiger partial charge in [-0.05, 0) is 38.3 Å². The Hall–Kier alpha value is -1.68. The summed E-state index contributed by atoms with van der Waals surface area (Å²) in [6, 6.07) is 7.16. The van der Waals surface area contributed by atoms with Gasteiger partial charge in [-0.2, -0.15) is 0 Å². The molecule has 1 saturated heterocycles. The summed E-state index contributed by atoms with van der Waals surface area (Å²) in [6.07, 6.45) is 3.68. The van der Waals surface area contributed by atoms with Gasteiger partial charge in [0.25, 0.3) is 5.91 Å². The van der Waals surface area contributed by atoms with Crippen LogP contribution in [0.15, 0.2) is 24.3 Å². The fourth-order valence-electron chi connectivity index (χ4n) is 2.55. The van der Waals surface area contributed by atoms with E-state index in [1.54, 1.807) is 12.1 Å². The van der Waals surface area contributed by atoms with Gasteiger partial charge in [0.15, 0.2) is 12.3 Å². The molecule has 0 unspecified atom stereocenters. The number of rotatable bonds is 4. The molecule has 0 atom stereocenters. The highest BCUT2D eigenvalue weighted by Crippen LogP contribution is 2.15. The summed E-state index contributed by atoms with van der Waals surface area (Å²) >= 11 is 0. The van der Waals surface area contributed by atoms with Crippen molar-refractivity contribution in [3.63, 3.8) is 0 Å². The van der Waals surface area contributed by atoms with E-state index in [9.17, 15) is 9.59 Å². The summed E-state index contributed by atoms with van der Waals surface area (Å²) in [7, 11) is 0. The molecule has 19 heavy (non-hydrogen) atoms. The number of benzene rings is 1. The highest BCUT2D eigenvalue weighted by molar-refractivity contribution is 6.03. The molecule has 4 nitrogen and oxygen atoms in total. The molecule has 0 radical (unpaired) electrons. The van der Waals surface area contributed by atoms with Gasteiger partial charge in [-0.1, -0.05) is 12.1 Å². The molecule has 0 bridgehead atoms. The summed E-state index contributed by atoms with van der Waals surface area (Å²) in [6.45, 7) is 4.15. The molecule has 2 rings (SSSR count). The summed E-state index contributed by atoms with van der Waals surface area (Å²) in [5.41, 5.74) is 1.20. The zero-order valence-electron chi connectivity index (χ0n) is 11.4. The van der Waals surface area contributed by atoms with Crippen molar-refractivity contribution in [2.24, 2.45) is 0 Å². The normalized spacial score (nSPS) is 16.1. The lowest BCUT2D eigenvalue weighted by molar-refractivity contribution is -0.896. The minimum atomic E-state index is -0.0266. The van der Waals surface area contributed by atoms with Crippen molar-refractivity contribution < 1.29 is 14.5 Å². The average Bonchev–Trinajstić information content (AvgIpc) is 2.40. The molecule has 4 heteroatoms. The van der Waals surface area contributed by atoms with Gasteiger partial charge in [0.05, 0.1) is 18.8 Å². The van der Waals surface area contributed by atoms with Crippen LogP contribution in [0, 0.1) is 0 Å². The van der Waals surface area contributed by atoms with Crippen molar-refractivity contribution in [2.75, 3.05) is 25.0 Å². The molecular formula is C15H21N2O2+. The fraction of sp³-hybridized carbons (Fsp3) is 0.467. The first-order valence-electron chi connectivity index (χ1n) is 6.90. The second-order valence-electron chi connectivity index (χ2n) is 5.14. The number of ketones is 1. The summed E-state index contributed by atoms with van der Waals surface area (Å²) in [5.74, 6) is -0.0354. The SMILES string of the molecule is CC(=O)c1ccccc1NC(=O)C[NH+]1CCCCC1. The van der Waals surface area contributed by atoms with Crippen LogP contribution in [0.4, 0.5) is 5.69 Å². The number of Topliss-reactive ketones (excluding diaryl/α,β-unsaturated/α-hetero) is 1. The van der Waals surface area contributed by atoms with Gasteiger partial charge >= 0.3 is 0 Å². The van der Waals surface area contributed by atoms with E-state index in [0.29, 0.717) is 17.8 Å². The maximum atomic E-state index is 12.0. The van der Waals surface area contributed by atoms with Crippen molar-refractivity contribution in [3.8, 4) is 0 Å². The predicted molar refractivity (Wildman–Crippen MR) is 74.5 cm³/mol. The number of para-hydroxylation sites is 1. The van der Waals surface area contributed by atoms with Crippen LogP contribution in [-0.2, 0) is 4.79 Å². The number of amides is 1. The molecule has 1 fully saturated rings. The Balaban J connectivity index is 1.96. The van der Waals surface area contributed by atoms with Gasteiger partial charge < -0.3 is 10.2 Å². The van der Waals surface area contributed by atoms with Crippen molar-refractivity contribution in [2.45, 2.75) is 26.2 Å². The van der Waals surface area contributed by atoms with Gasteiger partial charge in [-0.3, -0.25) is 9.59 Å². The predicted octanol–water partition coefficient (Wildman–Crippen LogP) is 0.896. The van der Waals surface area contributed by atoms with E-state index in [-0.39, 0.29) is 11.7 Å². The summed E-state index contributed by atoms with van der Waals surface area (Å²) in [4.78, 5) is 24.8. The molecule has 1 aliphatic heterocycles. The van der Waals surface area contributed by atoms with E-state index in [4.69, 9.17) is 0 Å². The Kier molecular flexibility index (Phi) is 4.68. The molecule has 102 valence electrons. The maximum Gasteiger partial charge on any atom is 0.279 e. The Morgan fingerprint density at radius 3 is 2.53 bits per heavy atom. The van der Waals surface area contributed by atoms with E-state index >= 15 is 0 Å². The first-order chi connectivity index (χ1) is 9.16. The van der Waals surface area contributed by atoms with E-state index in [1.165, 1.54) is 31.1 Å². The second-order valence-corrected chi connectivity index (χ2v) is 5.14. The molecule has 0 saturated carbocycles. The van der Waals surface area contributed by atoms with Gasteiger partial charge in [-0.15, -0.1) is 0 Å². The van der Waals surface area contributed by atoms with E-state index < -0.39 is 0 Å². The molecule has 1 amide bonds. The van der Waals surface area contributed by atoms with Gasteiger partial charge in [-0.25, -0.2) is 0 Å². The van der Waals surface area contributed by atoms with Crippen molar-refractivity contribution in [1.29, 1.82) is 0 Å². The number of hydrogen-bond acceptors (Lipinski definition) is 2. The number of carbonyl (C=O) groups is 2. The molecule has 1 aromatic rings. The van der Waals surface area contributed by atoms with Crippen molar-refractivity contribution >= 4 is 17.4 Å². The monoisotopic (exact) mass is 261 g/mol. The van der Waals surface area contributed by atoms with Crippen molar-refractivity contribution in [3.05, 3.63) is 29.8 Å². The standard InChI is InChI=1S/C15H20N2O2/c1-12(18)13-7-3-4-8-14(13)16-15(19)11-17-9-5-2-6-10-17/h3-4,7-8H,2,5-6,9-11H2,1H3,(H,16,19)/p+1. The lowest BCUT2D eigenvalue weighted by Crippen LogP contribution is -3.13. The number of anilines is 1. The number of carbonyl (C=O) groups excluding carboxylic acids is 2. The molecule has 1 aromatic carbocycles. The Labute approximate surface area is 113 Å². The Bertz CT molecular complexity index is 465. The minimum Gasteiger partial charge on any atom is -0.327 e. The third-order valence-corrected chi connectivity index (χ3v) is 3.55. The molecule has 0 aromatic heterocycles. The Morgan fingerprint density at radius 1 is 1.16 bits per heavy atom. The van der Waals surface area contributed by atoms with Crippen molar-refractivity contribution in [1.82, 2.24) is 0 Å². The number of quaternary nitrogens is 1. The van der Waals surface area contributed by atoms with Crippen LogP contribution >= 0.6 is 0 Å². The van der Waals surface area contributed by atoms with Crippen LogP contribution < -0.4 is 10.2 Å². The second kappa shape index (κ2) is 6.48. The maximum absolute atomic E-state index is 12.0. The molecule has 1 aliphatic rings. The fourth-order valence-corrected chi connectivity index (χ4v) is 2.55. The van der Waals surface area contributed by atoms with Crippen LogP contribution in [0.5, 0.6) is 0 Å². The lowest BCUT2D eigenvalue weighted by Gasteiger charge is -2.23. The van der Waals surface area contributed by atoms with Crippen LogP contribution in [0.25, 0.3) is 0 Å². The molecule has 0 spiro atoms.